The zero-order valence-corrected chi connectivity index (χ0v) is 15.9. The Kier molecular flexibility index (Phi) is 7.13. The molecule has 2 aromatic carbocycles. The van der Waals surface area contributed by atoms with Crippen molar-refractivity contribution in [2.75, 3.05) is 32.1 Å². The summed E-state index contributed by atoms with van der Waals surface area (Å²) >= 11 is 1.29. The molecule has 8 heteroatoms. The summed E-state index contributed by atoms with van der Waals surface area (Å²) in [5.41, 5.74) is 0.524. The molecule has 0 radical (unpaired) electrons. The summed E-state index contributed by atoms with van der Waals surface area (Å²) in [7, 11) is 0. The monoisotopic (exact) mass is 405 g/mol. The smallest absolute Gasteiger partial charge is 0.316 e. The molecule has 1 amide bonds. The number of thioether (sulfide) groups is 1. The van der Waals surface area contributed by atoms with Crippen molar-refractivity contribution < 1.29 is 28.2 Å². The van der Waals surface area contributed by atoms with Crippen LogP contribution in [0.5, 0.6) is 11.5 Å². The van der Waals surface area contributed by atoms with Gasteiger partial charge in [-0.25, -0.2) is 4.39 Å². The van der Waals surface area contributed by atoms with Crippen LogP contribution in [0.1, 0.15) is 5.56 Å². The standard InChI is InChI=1S/C20H20FNO5S/c21-16-4-2-1-3-14(16)7-8-22-19(23)12-27-20(24)13-28-15-5-6-17-18(11-15)26-10-9-25-17/h1-6,11H,7-10,12-13H2,(H,22,23). The van der Waals surface area contributed by atoms with E-state index in [2.05, 4.69) is 5.32 Å². The fourth-order valence-electron chi connectivity index (χ4n) is 2.53. The number of carbonyl (C=O) groups excluding carboxylic acids is 2. The fraction of sp³-hybridized carbons (Fsp3) is 0.300. The second-order valence-corrected chi connectivity index (χ2v) is 6.99. The largest absolute Gasteiger partial charge is 0.486 e. The maximum absolute atomic E-state index is 13.5. The van der Waals surface area contributed by atoms with Crippen LogP contribution >= 0.6 is 11.8 Å². The number of benzene rings is 2. The summed E-state index contributed by atoms with van der Waals surface area (Å²) < 4.78 is 29.4. The van der Waals surface area contributed by atoms with Gasteiger partial charge in [0.15, 0.2) is 18.1 Å². The predicted octanol–water partition coefficient (Wildman–Crippen LogP) is 2.59. The van der Waals surface area contributed by atoms with Crippen molar-refractivity contribution in [3.05, 3.63) is 53.8 Å². The van der Waals surface area contributed by atoms with Crippen LogP contribution in [-0.4, -0.2) is 44.0 Å². The van der Waals surface area contributed by atoms with Crippen LogP contribution in [0.3, 0.4) is 0 Å². The first-order valence-electron chi connectivity index (χ1n) is 8.80. The molecule has 2 aromatic rings. The minimum Gasteiger partial charge on any atom is -0.486 e. The van der Waals surface area contributed by atoms with Crippen LogP contribution in [-0.2, 0) is 20.7 Å². The first-order chi connectivity index (χ1) is 13.6. The van der Waals surface area contributed by atoms with Gasteiger partial charge in [0.2, 0.25) is 0 Å². The molecule has 6 nitrogen and oxygen atoms in total. The summed E-state index contributed by atoms with van der Waals surface area (Å²) in [6.45, 7) is 0.921. The quantitative estimate of drug-likeness (QED) is 0.538. The van der Waals surface area contributed by atoms with Crippen LogP contribution in [0.25, 0.3) is 0 Å². The van der Waals surface area contributed by atoms with Gasteiger partial charge in [-0.1, -0.05) is 18.2 Å². The average molecular weight is 405 g/mol. The molecule has 0 aromatic heterocycles. The molecule has 1 heterocycles. The maximum atomic E-state index is 13.5. The lowest BCUT2D eigenvalue weighted by Gasteiger charge is -2.18. The van der Waals surface area contributed by atoms with Crippen molar-refractivity contribution in [1.29, 1.82) is 0 Å². The molecular weight excluding hydrogens is 385 g/mol. The first-order valence-corrected chi connectivity index (χ1v) is 9.78. The molecule has 0 bridgehead atoms. The molecular formula is C20H20FNO5S. The zero-order chi connectivity index (χ0) is 19.8. The third-order valence-corrected chi connectivity index (χ3v) is 4.88. The third-order valence-electron chi connectivity index (χ3n) is 3.91. The first kappa shape index (κ1) is 20.0. The average Bonchev–Trinajstić information content (AvgIpc) is 2.72. The highest BCUT2D eigenvalue weighted by atomic mass is 32.2. The molecule has 0 saturated carbocycles. The highest BCUT2D eigenvalue weighted by molar-refractivity contribution is 8.00. The summed E-state index contributed by atoms with van der Waals surface area (Å²) in [4.78, 5) is 24.4. The molecule has 0 spiro atoms. The van der Waals surface area contributed by atoms with Crippen LogP contribution in [0.15, 0.2) is 47.4 Å². The molecule has 0 saturated heterocycles. The van der Waals surface area contributed by atoms with Crippen molar-refractivity contribution in [2.24, 2.45) is 0 Å². The number of rotatable bonds is 8. The number of amides is 1. The van der Waals surface area contributed by atoms with Gasteiger partial charge in [0, 0.05) is 11.4 Å². The Morgan fingerprint density at radius 3 is 2.71 bits per heavy atom. The predicted molar refractivity (Wildman–Crippen MR) is 102 cm³/mol. The highest BCUT2D eigenvalue weighted by Gasteiger charge is 2.13. The third kappa shape index (κ3) is 5.88. The SMILES string of the molecule is O=C(COC(=O)CSc1ccc2c(c1)OCCO2)NCCc1ccccc1F. The number of esters is 1. The van der Waals surface area contributed by atoms with Crippen molar-refractivity contribution >= 4 is 23.6 Å². The topological polar surface area (TPSA) is 73.9 Å². The number of fused-ring (bicyclic) bond motifs is 1. The summed E-state index contributed by atoms with van der Waals surface area (Å²) in [6, 6.07) is 11.8. The number of ether oxygens (including phenoxy) is 3. The molecule has 1 N–H and O–H groups in total. The molecule has 0 aliphatic carbocycles. The van der Waals surface area contributed by atoms with Crippen molar-refractivity contribution in [3.8, 4) is 11.5 Å². The van der Waals surface area contributed by atoms with Gasteiger partial charge in [0.05, 0.1) is 5.75 Å². The summed E-state index contributed by atoms with van der Waals surface area (Å²) in [5, 5.41) is 2.60. The highest BCUT2D eigenvalue weighted by Crippen LogP contribution is 2.34. The second-order valence-electron chi connectivity index (χ2n) is 5.95. The van der Waals surface area contributed by atoms with Crippen LogP contribution < -0.4 is 14.8 Å². The van der Waals surface area contributed by atoms with Crippen LogP contribution in [0.2, 0.25) is 0 Å². The Morgan fingerprint density at radius 1 is 1.11 bits per heavy atom. The van der Waals surface area contributed by atoms with Gasteiger partial charge in [0.1, 0.15) is 19.0 Å². The number of hydrogen-bond acceptors (Lipinski definition) is 6. The normalized spacial score (nSPS) is 12.3. The lowest BCUT2D eigenvalue weighted by molar-refractivity contribution is -0.145. The van der Waals surface area contributed by atoms with E-state index >= 15 is 0 Å². The van der Waals surface area contributed by atoms with E-state index in [-0.39, 0.29) is 24.7 Å². The van der Waals surface area contributed by atoms with E-state index in [1.54, 1.807) is 24.3 Å². The van der Waals surface area contributed by atoms with Gasteiger partial charge >= 0.3 is 5.97 Å². The Hall–Kier alpha value is -2.74. The zero-order valence-electron chi connectivity index (χ0n) is 15.1. The lowest BCUT2D eigenvalue weighted by atomic mass is 10.1. The molecule has 1 aliphatic rings. The van der Waals surface area contributed by atoms with E-state index in [9.17, 15) is 14.0 Å². The summed E-state index contributed by atoms with van der Waals surface area (Å²) in [5.74, 6) is 0.184. The lowest BCUT2D eigenvalue weighted by Crippen LogP contribution is -2.30. The molecule has 3 rings (SSSR count). The van der Waals surface area contributed by atoms with Gasteiger partial charge in [-0.15, -0.1) is 11.8 Å². The Morgan fingerprint density at radius 2 is 1.89 bits per heavy atom. The molecule has 148 valence electrons. The van der Waals surface area contributed by atoms with Gasteiger partial charge in [-0.3, -0.25) is 9.59 Å². The number of halogens is 1. The van der Waals surface area contributed by atoms with Crippen molar-refractivity contribution in [3.63, 3.8) is 0 Å². The maximum Gasteiger partial charge on any atom is 0.316 e. The van der Waals surface area contributed by atoms with Crippen LogP contribution in [0.4, 0.5) is 4.39 Å². The minimum absolute atomic E-state index is 0.0716. The van der Waals surface area contributed by atoms with Crippen molar-refractivity contribution in [1.82, 2.24) is 5.32 Å². The van der Waals surface area contributed by atoms with Gasteiger partial charge in [-0.2, -0.15) is 0 Å². The Balaban J connectivity index is 1.34. The molecule has 0 fully saturated rings. The molecule has 0 atom stereocenters. The Labute approximate surface area is 166 Å². The minimum atomic E-state index is -0.496. The van der Waals surface area contributed by atoms with Gasteiger partial charge in [-0.05, 0) is 36.2 Å². The van der Waals surface area contributed by atoms with Gasteiger partial charge < -0.3 is 19.5 Å². The molecule has 1 aliphatic heterocycles. The van der Waals surface area contributed by atoms with E-state index in [1.807, 2.05) is 12.1 Å². The second kappa shape index (κ2) is 9.98. The van der Waals surface area contributed by atoms with E-state index < -0.39 is 11.9 Å². The molecule has 0 unspecified atom stereocenters. The number of hydrogen-bond donors (Lipinski definition) is 1. The molecule has 28 heavy (non-hydrogen) atoms. The number of nitrogens with one attached hydrogen (secondary N) is 1. The van der Waals surface area contributed by atoms with Gasteiger partial charge in [0.25, 0.3) is 5.91 Å². The summed E-state index contributed by atoms with van der Waals surface area (Å²) in [6.07, 6.45) is 0.367. The van der Waals surface area contributed by atoms with E-state index in [0.717, 1.165) is 4.90 Å². The van der Waals surface area contributed by atoms with E-state index in [4.69, 9.17) is 14.2 Å². The van der Waals surface area contributed by atoms with Crippen LogP contribution in [0, 0.1) is 5.82 Å². The fourth-order valence-corrected chi connectivity index (χ4v) is 3.25. The van der Waals surface area contributed by atoms with Crippen molar-refractivity contribution in [2.45, 2.75) is 11.3 Å². The van der Waals surface area contributed by atoms with E-state index in [1.165, 1.54) is 17.8 Å². The number of carbonyl (C=O) groups is 2. The van der Waals surface area contributed by atoms with E-state index in [0.29, 0.717) is 36.7 Å². The Bertz CT molecular complexity index is 845.